The van der Waals surface area contributed by atoms with E-state index < -0.39 is 5.92 Å². The van der Waals surface area contributed by atoms with Crippen molar-refractivity contribution >= 4 is 54.6 Å². The molecule has 0 unspecified atom stereocenters. The Balaban J connectivity index is 1.13. The van der Waals surface area contributed by atoms with Gasteiger partial charge in [-0.1, -0.05) is 191 Å². The Hall–Kier alpha value is -8.94. The molecule has 9 aromatic carbocycles. The summed E-state index contributed by atoms with van der Waals surface area (Å²) in [6, 6.07) is 65.9. The fraction of sp³-hybridized carbons (Fsp3) is 0.211. The van der Waals surface area contributed by atoms with E-state index in [1.165, 1.54) is 34.4 Å². The molecule has 1 N–H and O–H groups in total. The van der Waals surface area contributed by atoms with Crippen LogP contribution in [0.25, 0.3) is 111 Å². The minimum absolute atomic E-state index is 0.0795. The molecule has 7 heteroatoms. The summed E-state index contributed by atoms with van der Waals surface area (Å²) in [6.07, 6.45) is 1.90. The third kappa shape index (κ3) is 9.22. The predicted octanol–water partition coefficient (Wildman–Crippen LogP) is 21.1. The number of pyridine rings is 1. The Kier molecular flexibility index (Phi) is 12.8. The van der Waals surface area contributed by atoms with Crippen molar-refractivity contribution in [1.82, 2.24) is 24.1 Å². The fourth-order valence-corrected chi connectivity index (χ4v) is 12.5. The maximum atomic E-state index is 17.6. The molecule has 83 heavy (non-hydrogen) atoms. The fourth-order valence-electron chi connectivity index (χ4n) is 12.5. The topological polar surface area (TPSA) is 51.4 Å². The van der Waals surface area contributed by atoms with E-state index in [-0.39, 0.29) is 22.0 Å². The lowest BCUT2D eigenvalue weighted by Crippen LogP contribution is -2.15. The quantitative estimate of drug-likeness (QED) is 0.148. The molecule has 0 aliphatic carbocycles. The van der Waals surface area contributed by atoms with Crippen molar-refractivity contribution in [2.75, 3.05) is 0 Å². The number of H-pyrrole nitrogens is 1. The van der Waals surface area contributed by atoms with E-state index in [9.17, 15) is 0 Å². The minimum Gasteiger partial charge on any atom is -0.354 e. The van der Waals surface area contributed by atoms with Gasteiger partial charge in [0.2, 0.25) is 0 Å². The standard InChI is InChI=1S/C76H69F2N5/c1-45(2)57-26-19-27-58(46(3)4)70(57)51-29-32-60-59-31-28-50(38-66(59)83(67(60)39-51)69-36-47(5)34-35-79-69)61-41-54(75(9,10)11)44-68-72(61)81-73(82(68)56-25-18-24-53(40-56)74(6,7)8)64-43-55(76(77,78)52-22-16-13-17-23-52)42-63-62-37-49(48-20-14-12-15-21-48)30-33-65(62)80-71(63)64/h12-46,80H,1-11H3. The molecule has 0 aliphatic heterocycles. The molecule has 0 fully saturated rings. The van der Waals surface area contributed by atoms with Gasteiger partial charge in [-0.15, -0.1) is 0 Å². The van der Waals surface area contributed by atoms with E-state index >= 15 is 8.78 Å². The van der Waals surface area contributed by atoms with Gasteiger partial charge in [-0.05, 0) is 158 Å². The first-order valence-electron chi connectivity index (χ1n) is 29.1. The van der Waals surface area contributed by atoms with Crippen LogP contribution in [-0.4, -0.2) is 24.1 Å². The minimum atomic E-state index is -3.35. The first-order chi connectivity index (χ1) is 39.7. The van der Waals surface area contributed by atoms with Crippen molar-refractivity contribution < 1.29 is 8.78 Å². The van der Waals surface area contributed by atoms with Gasteiger partial charge < -0.3 is 4.98 Å². The summed E-state index contributed by atoms with van der Waals surface area (Å²) in [5, 5.41) is 3.79. The monoisotopic (exact) mass is 1090 g/mol. The van der Waals surface area contributed by atoms with E-state index in [1.807, 2.05) is 30.5 Å². The molecule has 0 aliphatic rings. The summed E-state index contributed by atoms with van der Waals surface area (Å²) >= 11 is 0. The lowest BCUT2D eigenvalue weighted by molar-refractivity contribution is 0.0430. The van der Waals surface area contributed by atoms with Crippen LogP contribution in [0.2, 0.25) is 0 Å². The second kappa shape index (κ2) is 19.9. The lowest BCUT2D eigenvalue weighted by atomic mass is 9.84. The molecule has 0 saturated carbocycles. The number of imidazole rings is 1. The van der Waals surface area contributed by atoms with E-state index in [2.05, 4.69) is 218 Å². The highest BCUT2D eigenvalue weighted by Gasteiger charge is 2.36. The smallest absolute Gasteiger partial charge is 0.298 e. The zero-order valence-corrected chi connectivity index (χ0v) is 49.3. The summed E-state index contributed by atoms with van der Waals surface area (Å²) in [6.45, 7) is 24.6. The van der Waals surface area contributed by atoms with Crippen molar-refractivity contribution in [2.45, 2.75) is 105 Å². The average Bonchev–Trinajstić information content (AvgIpc) is 2.87. The molecule has 13 aromatic rings. The summed E-state index contributed by atoms with van der Waals surface area (Å²) in [7, 11) is 0. The molecular weight excluding hydrogens is 1020 g/mol. The second-order valence-corrected chi connectivity index (χ2v) is 25.5. The molecule has 13 rings (SSSR count). The first kappa shape index (κ1) is 53.4. The molecule has 4 aromatic heterocycles. The van der Waals surface area contributed by atoms with Gasteiger partial charge in [-0.25, -0.2) is 9.97 Å². The molecule has 0 amide bonds. The Bertz CT molecular complexity index is 4650. The Labute approximate surface area is 485 Å². The third-order valence-corrected chi connectivity index (χ3v) is 17.0. The molecule has 0 saturated heterocycles. The van der Waals surface area contributed by atoms with Gasteiger partial charge in [0.25, 0.3) is 5.92 Å². The van der Waals surface area contributed by atoms with Crippen molar-refractivity contribution in [3.63, 3.8) is 0 Å². The zero-order valence-electron chi connectivity index (χ0n) is 49.3. The Morgan fingerprint density at radius 1 is 0.458 bits per heavy atom. The molecule has 0 radical (unpaired) electrons. The van der Waals surface area contributed by atoms with Gasteiger partial charge in [0, 0.05) is 61.2 Å². The average molecular weight is 1090 g/mol. The van der Waals surface area contributed by atoms with Crippen molar-refractivity contribution in [3.05, 3.63) is 239 Å². The van der Waals surface area contributed by atoms with Gasteiger partial charge in [0.05, 0.1) is 27.6 Å². The number of halogens is 2. The predicted molar refractivity (Wildman–Crippen MR) is 344 cm³/mol. The van der Waals surface area contributed by atoms with Crippen molar-refractivity contribution in [3.8, 4) is 56.3 Å². The molecular formula is C76H69F2N5. The van der Waals surface area contributed by atoms with Gasteiger partial charge in [-0.3, -0.25) is 9.13 Å². The lowest BCUT2D eigenvalue weighted by Gasteiger charge is -2.23. The summed E-state index contributed by atoms with van der Waals surface area (Å²) < 4.78 is 39.7. The van der Waals surface area contributed by atoms with Crippen LogP contribution in [0, 0.1) is 6.92 Å². The highest BCUT2D eigenvalue weighted by molar-refractivity contribution is 6.14. The van der Waals surface area contributed by atoms with Gasteiger partial charge in [0.1, 0.15) is 11.6 Å². The van der Waals surface area contributed by atoms with Crippen LogP contribution in [0.15, 0.2) is 200 Å². The number of aromatic amines is 1. The number of hydrogen-bond donors (Lipinski definition) is 1. The number of rotatable bonds is 10. The van der Waals surface area contributed by atoms with Crippen LogP contribution in [-0.2, 0) is 16.8 Å². The van der Waals surface area contributed by atoms with Crippen LogP contribution in [0.5, 0.6) is 0 Å². The molecule has 4 heterocycles. The molecule has 5 nitrogen and oxygen atoms in total. The van der Waals surface area contributed by atoms with E-state index in [0.29, 0.717) is 28.6 Å². The summed E-state index contributed by atoms with van der Waals surface area (Å²) in [5.41, 5.74) is 18.6. The second-order valence-electron chi connectivity index (χ2n) is 25.5. The molecule has 0 spiro atoms. The van der Waals surface area contributed by atoms with Gasteiger partial charge >= 0.3 is 0 Å². The number of hydrogen-bond acceptors (Lipinski definition) is 2. The van der Waals surface area contributed by atoms with E-state index in [0.717, 1.165) is 99.7 Å². The van der Waals surface area contributed by atoms with Crippen LogP contribution >= 0.6 is 0 Å². The number of nitrogens with one attached hydrogen (secondary N) is 1. The molecule has 0 bridgehead atoms. The van der Waals surface area contributed by atoms with E-state index in [1.54, 1.807) is 30.3 Å². The number of nitrogens with zero attached hydrogens (tertiary/aromatic N) is 4. The summed E-state index contributed by atoms with van der Waals surface area (Å²) in [5.74, 6) is -1.30. The van der Waals surface area contributed by atoms with Crippen molar-refractivity contribution in [2.24, 2.45) is 0 Å². The van der Waals surface area contributed by atoms with Crippen LogP contribution in [0.1, 0.15) is 120 Å². The maximum absolute atomic E-state index is 17.6. The summed E-state index contributed by atoms with van der Waals surface area (Å²) in [4.78, 5) is 14.7. The van der Waals surface area contributed by atoms with Gasteiger partial charge in [-0.2, -0.15) is 8.78 Å². The number of benzene rings is 9. The van der Waals surface area contributed by atoms with Crippen LogP contribution < -0.4 is 0 Å². The molecule has 412 valence electrons. The Morgan fingerprint density at radius 3 is 1.73 bits per heavy atom. The van der Waals surface area contributed by atoms with Gasteiger partial charge in [0.15, 0.2) is 0 Å². The molecule has 0 atom stereocenters. The highest BCUT2D eigenvalue weighted by atomic mass is 19.3. The van der Waals surface area contributed by atoms with Crippen LogP contribution in [0.3, 0.4) is 0 Å². The van der Waals surface area contributed by atoms with Crippen LogP contribution in [0.4, 0.5) is 8.78 Å². The third-order valence-electron chi connectivity index (χ3n) is 17.0. The normalized spacial score (nSPS) is 12.6. The first-order valence-corrected chi connectivity index (χ1v) is 29.1. The van der Waals surface area contributed by atoms with Crippen molar-refractivity contribution in [1.29, 1.82) is 0 Å². The highest BCUT2D eigenvalue weighted by Crippen LogP contribution is 2.47. The zero-order chi connectivity index (χ0) is 57.9. The Morgan fingerprint density at radius 2 is 1.07 bits per heavy atom. The number of fused-ring (bicyclic) bond motifs is 7. The number of alkyl halides is 2. The number of aryl methyl sites for hydroxylation is 1. The largest absolute Gasteiger partial charge is 0.354 e. The number of aromatic nitrogens is 5. The van der Waals surface area contributed by atoms with E-state index in [4.69, 9.17) is 9.97 Å². The maximum Gasteiger partial charge on any atom is 0.298 e. The SMILES string of the molecule is Cc1ccnc(-n2c3cc(-c4c(C(C)C)cccc4C(C)C)ccc3c3ccc(-c4cc(C(C)(C)C)cc5c4nc(-c4cc(C(F)(F)c6ccccc6)cc6c4[nH]c4ccc(-c7ccccc7)cc46)n5-c4cccc(C(C)(C)C)c4)cc32)c1.